The van der Waals surface area contributed by atoms with Gasteiger partial charge in [0.05, 0.1) is 23.4 Å². The van der Waals surface area contributed by atoms with Gasteiger partial charge in [-0.05, 0) is 35.9 Å². The quantitative estimate of drug-likeness (QED) is 0.706. The van der Waals surface area contributed by atoms with Gasteiger partial charge in [-0.1, -0.05) is 13.8 Å². The number of hydrogen-bond acceptors (Lipinski definition) is 7. The molecule has 1 atom stereocenters. The number of thiophene rings is 1. The lowest BCUT2D eigenvalue weighted by atomic mass is 9.93. The average Bonchev–Trinajstić information content (AvgIpc) is 3.17. The lowest BCUT2D eigenvalue weighted by Crippen LogP contribution is -2.50. The normalized spacial score (nSPS) is 19.8. The Labute approximate surface area is 178 Å². The Bertz CT molecular complexity index is 1170. The molecule has 1 aromatic carbocycles. The van der Waals surface area contributed by atoms with Gasteiger partial charge in [0.15, 0.2) is 11.7 Å². The van der Waals surface area contributed by atoms with Gasteiger partial charge in [0.2, 0.25) is 5.91 Å². The first-order valence-corrected chi connectivity index (χ1v) is 11.8. The van der Waals surface area contributed by atoms with Crippen LogP contribution in [0.25, 0.3) is 0 Å². The van der Waals surface area contributed by atoms with Crippen molar-refractivity contribution < 1.29 is 22.7 Å². The molecule has 1 N–H and O–H groups in total. The first-order valence-electron chi connectivity index (χ1n) is 9.46. The van der Waals surface area contributed by atoms with Gasteiger partial charge in [-0.2, -0.15) is 8.42 Å². The Morgan fingerprint density at radius 2 is 2.03 bits per heavy atom. The van der Waals surface area contributed by atoms with Crippen LogP contribution in [0.15, 0.2) is 38.9 Å². The van der Waals surface area contributed by atoms with E-state index in [-0.39, 0.29) is 16.4 Å². The second-order valence-corrected chi connectivity index (χ2v) is 10.0. The third kappa shape index (κ3) is 3.39. The molecule has 3 heterocycles. The van der Waals surface area contributed by atoms with Crippen molar-refractivity contribution in [3.8, 4) is 5.75 Å². The predicted molar refractivity (Wildman–Crippen MR) is 115 cm³/mol. The summed E-state index contributed by atoms with van der Waals surface area (Å²) in [6.07, 6.45) is 0.753. The summed E-state index contributed by atoms with van der Waals surface area (Å²) in [4.78, 5) is 28.4. The number of rotatable bonds is 5. The van der Waals surface area contributed by atoms with E-state index < -0.39 is 27.6 Å². The van der Waals surface area contributed by atoms with Gasteiger partial charge < -0.3 is 15.0 Å². The van der Waals surface area contributed by atoms with Gasteiger partial charge in [-0.25, -0.2) is 0 Å². The number of ketones is 1. The first kappa shape index (κ1) is 20.5. The van der Waals surface area contributed by atoms with Crippen LogP contribution in [0, 0.1) is 11.8 Å². The second kappa shape index (κ2) is 7.51. The van der Waals surface area contributed by atoms with E-state index in [0.717, 1.165) is 6.42 Å². The van der Waals surface area contributed by atoms with Crippen LogP contribution < -0.4 is 15.0 Å². The highest BCUT2D eigenvalue weighted by Crippen LogP contribution is 2.38. The molecule has 1 amide bonds. The number of Topliss-reactive ketones (excluding diaryl/α,β-unsaturated/α-hetero) is 1. The molecule has 30 heavy (non-hydrogen) atoms. The Balaban J connectivity index is 1.76. The fourth-order valence-electron chi connectivity index (χ4n) is 3.49. The molecule has 1 aromatic heterocycles. The van der Waals surface area contributed by atoms with Crippen LogP contribution in [0.2, 0.25) is 0 Å². The number of carbonyl (C=O) groups excluding carboxylic acids is 2. The number of methoxy groups -OCH3 is 1. The Morgan fingerprint density at radius 1 is 1.27 bits per heavy atom. The minimum absolute atomic E-state index is 0.0604. The third-order valence-corrected chi connectivity index (χ3v) is 7.33. The van der Waals surface area contributed by atoms with Crippen molar-refractivity contribution in [3.05, 3.63) is 34.5 Å². The molecule has 0 spiro atoms. The molecule has 10 heteroatoms. The van der Waals surface area contributed by atoms with Crippen molar-refractivity contribution in [1.82, 2.24) is 0 Å². The molecule has 2 aliphatic rings. The summed E-state index contributed by atoms with van der Waals surface area (Å²) in [7, 11) is -2.67. The minimum atomic E-state index is -4.10. The second-order valence-electron chi connectivity index (χ2n) is 7.54. The summed E-state index contributed by atoms with van der Waals surface area (Å²) in [5.41, 5.74) is 0.836. The maximum absolute atomic E-state index is 13.3. The molecule has 4 rings (SSSR count). The molecule has 0 radical (unpaired) electrons. The molecule has 2 aliphatic heterocycles. The number of ether oxygens (including phenoxy) is 1. The van der Waals surface area contributed by atoms with Gasteiger partial charge in [0.1, 0.15) is 16.5 Å². The zero-order valence-corrected chi connectivity index (χ0v) is 18.3. The smallest absolute Gasteiger partial charge is 0.286 e. The van der Waals surface area contributed by atoms with E-state index in [9.17, 15) is 18.0 Å². The summed E-state index contributed by atoms with van der Waals surface area (Å²) < 4.78 is 34.5. The molecule has 0 fully saturated rings. The number of nitrogens with one attached hydrogen (secondary N) is 1. The van der Waals surface area contributed by atoms with Crippen molar-refractivity contribution in [1.29, 1.82) is 0 Å². The van der Waals surface area contributed by atoms with Crippen LogP contribution in [0.1, 0.15) is 29.9 Å². The fourth-order valence-corrected chi connectivity index (χ4v) is 5.52. The standard InChI is InChI=1S/C20H21N3O5S2/c1-11(2)6-8-23-14-7-9-29-18(14)17(24)16(20(23)25)19-21-13-5-4-12(28-3)10-15(13)30(26,27)22-19/h4-5,7,9-11,16H,6,8H2,1-3H3,(H,21,22). The SMILES string of the molecule is COc1ccc2c(c1)S(=O)(=O)N=C(C1C(=O)c3sccc3N(CCC(C)C)C1=O)N2. The van der Waals surface area contributed by atoms with Gasteiger partial charge in [-0.3, -0.25) is 9.59 Å². The molecule has 0 aliphatic carbocycles. The van der Waals surface area contributed by atoms with Crippen LogP contribution in [0.4, 0.5) is 11.4 Å². The largest absolute Gasteiger partial charge is 0.497 e. The van der Waals surface area contributed by atoms with Crippen molar-refractivity contribution in [2.24, 2.45) is 16.2 Å². The molecule has 0 saturated carbocycles. The van der Waals surface area contributed by atoms with E-state index in [2.05, 4.69) is 23.6 Å². The lowest BCUT2D eigenvalue weighted by Gasteiger charge is -2.33. The number of amides is 1. The summed E-state index contributed by atoms with van der Waals surface area (Å²) in [6.45, 7) is 4.55. The van der Waals surface area contributed by atoms with Gasteiger partial charge in [-0.15, -0.1) is 15.7 Å². The van der Waals surface area contributed by atoms with E-state index in [0.29, 0.717) is 28.8 Å². The molecular weight excluding hydrogens is 426 g/mol. The van der Waals surface area contributed by atoms with E-state index in [1.165, 1.54) is 30.6 Å². The van der Waals surface area contributed by atoms with Gasteiger partial charge in [0.25, 0.3) is 10.0 Å². The maximum Gasteiger partial charge on any atom is 0.286 e. The molecule has 0 saturated heterocycles. The maximum atomic E-state index is 13.3. The first-order chi connectivity index (χ1) is 14.2. The summed E-state index contributed by atoms with van der Waals surface area (Å²) in [5, 5.41) is 4.65. The van der Waals surface area contributed by atoms with Crippen molar-refractivity contribution in [2.45, 2.75) is 25.2 Å². The van der Waals surface area contributed by atoms with Gasteiger partial charge in [0, 0.05) is 12.6 Å². The van der Waals surface area contributed by atoms with Crippen LogP contribution in [-0.4, -0.2) is 39.6 Å². The van der Waals surface area contributed by atoms with Crippen LogP contribution in [0.5, 0.6) is 5.75 Å². The molecule has 158 valence electrons. The van der Waals surface area contributed by atoms with Crippen molar-refractivity contribution >= 4 is 50.3 Å². The topological polar surface area (TPSA) is 105 Å². The number of sulfonamides is 1. The van der Waals surface area contributed by atoms with Crippen molar-refractivity contribution in [2.75, 3.05) is 23.9 Å². The molecule has 0 bridgehead atoms. The Hall–Kier alpha value is -2.72. The van der Waals surface area contributed by atoms with E-state index in [4.69, 9.17) is 4.74 Å². The number of anilines is 2. The van der Waals surface area contributed by atoms with Gasteiger partial charge >= 0.3 is 0 Å². The molecule has 1 unspecified atom stereocenters. The Kier molecular flexibility index (Phi) is 5.15. The molecule has 8 nitrogen and oxygen atoms in total. The molecular formula is C20H21N3O5S2. The predicted octanol–water partition coefficient (Wildman–Crippen LogP) is 3.16. The highest BCUT2D eigenvalue weighted by molar-refractivity contribution is 7.90. The minimum Gasteiger partial charge on any atom is -0.497 e. The fraction of sp³-hybridized carbons (Fsp3) is 0.350. The van der Waals surface area contributed by atoms with E-state index in [1.807, 2.05) is 0 Å². The number of fused-ring (bicyclic) bond motifs is 2. The summed E-state index contributed by atoms with van der Waals surface area (Å²) in [5.74, 6) is -1.67. The van der Waals surface area contributed by atoms with Crippen LogP contribution in [-0.2, 0) is 14.8 Å². The van der Waals surface area contributed by atoms with E-state index in [1.54, 1.807) is 22.4 Å². The number of benzene rings is 1. The van der Waals surface area contributed by atoms with Crippen LogP contribution in [0.3, 0.4) is 0 Å². The third-order valence-electron chi connectivity index (χ3n) is 5.09. The summed E-state index contributed by atoms with van der Waals surface area (Å²) >= 11 is 1.24. The Morgan fingerprint density at radius 3 is 2.73 bits per heavy atom. The number of hydrogen-bond donors (Lipinski definition) is 1. The zero-order chi connectivity index (χ0) is 21.6. The van der Waals surface area contributed by atoms with E-state index >= 15 is 0 Å². The molecule has 2 aromatic rings. The number of nitrogens with zero attached hydrogens (tertiary/aromatic N) is 2. The zero-order valence-electron chi connectivity index (χ0n) is 16.7. The average molecular weight is 448 g/mol. The lowest BCUT2D eigenvalue weighted by molar-refractivity contribution is -0.119. The number of carbonyl (C=O) groups is 2. The number of amidine groups is 1. The monoisotopic (exact) mass is 447 g/mol. The highest BCUT2D eigenvalue weighted by Gasteiger charge is 2.45. The summed E-state index contributed by atoms with van der Waals surface area (Å²) in [6, 6.07) is 6.24. The highest BCUT2D eigenvalue weighted by atomic mass is 32.2. The van der Waals surface area contributed by atoms with Crippen molar-refractivity contribution in [3.63, 3.8) is 0 Å². The van der Waals surface area contributed by atoms with Crippen LogP contribution >= 0.6 is 11.3 Å².